The molecule has 78 valence electrons. The van der Waals surface area contributed by atoms with Gasteiger partial charge in [0.15, 0.2) is 0 Å². The van der Waals surface area contributed by atoms with E-state index in [-0.39, 0.29) is 6.10 Å². The van der Waals surface area contributed by atoms with Crippen molar-refractivity contribution in [3.63, 3.8) is 0 Å². The summed E-state index contributed by atoms with van der Waals surface area (Å²) in [5.41, 5.74) is 2.98. The Bertz CT molecular complexity index is 312. The van der Waals surface area contributed by atoms with Crippen LogP contribution < -0.4 is 0 Å². The smallest absolute Gasteiger partial charge is 0.116 e. The van der Waals surface area contributed by atoms with Gasteiger partial charge in [-0.25, -0.2) is 9.97 Å². The summed E-state index contributed by atoms with van der Waals surface area (Å²) in [5.74, 6) is 0.399. The van der Waals surface area contributed by atoms with E-state index in [1.54, 1.807) is 0 Å². The average Bonchev–Trinajstić information content (AvgIpc) is 2.47. The molecule has 0 amide bonds. The zero-order valence-corrected chi connectivity index (χ0v) is 9.28. The minimum atomic E-state index is -0.378. The maximum Gasteiger partial charge on any atom is 0.116 e. The van der Waals surface area contributed by atoms with E-state index in [0.29, 0.717) is 5.92 Å². The third-order valence-electron chi connectivity index (χ3n) is 2.50. The average molecular weight is 194 g/mol. The summed E-state index contributed by atoms with van der Waals surface area (Å²) in [6.45, 7) is 8.07. The number of aromatic nitrogens is 2. The molecular formula is C11H18N2O. The van der Waals surface area contributed by atoms with Crippen LogP contribution in [0, 0.1) is 6.92 Å². The van der Waals surface area contributed by atoms with Crippen LogP contribution in [0.25, 0.3) is 0 Å². The van der Waals surface area contributed by atoms with Gasteiger partial charge < -0.3 is 5.11 Å². The largest absolute Gasteiger partial charge is 0.387 e. The molecule has 0 radical (unpaired) electrons. The molecule has 0 aliphatic heterocycles. The van der Waals surface area contributed by atoms with Crippen LogP contribution in [-0.4, -0.2) is 15.1 Å². The van der Waals surface area contributed by atoms with Crippen molar-refractivity contribution in [1.82, 2.24) is 9.97 Å². The van der Waals surface area contributed by atoms with Gasteiger partial charge in [0.25, 0.3) is 0 Å². The van der Waals surface area contributed by atoms with Gasteiger partial charge in [-0.15, -0.1) is 0 Å². The number of nitrogens with zero attached hydrogens (tertiary/aromatic N) is 2. The first kappa shape index (κ1) is 11.1. The third-order valence-corrected chi connectivity index (χ3v) is 2.50. The second kappa shape index (κ2) is 4.51. The quantitative estimate of drug-likeness (QED) is 0.689. The highest BCUT2D eigenvalue weighted by atomic mass is 16.3. The van der Waals surface area contributed by atoms with Gasteiger partial charge in [0, 0.05) is 11.3 Å². The Balaban J connectivity index is 0.000000461. The van der Waals surface area contributed by atoms with Crippen molar-refractivity contribution < 1.29 is 5.11 Å². The monoisotopic (exact) mass is 194 g/mol. The van der Waals surface area contributed by atoms with Crippen LogP contribution in [0.1, 0.15) is 56.2 Å². The highest BCUT2D eigenvalue weighted by Crippen LogP contribution is 2.39. The van der Waals surface area contributed by atoms with E-state index >= 15 is 0 Å². The number of aliphatic hydroxyl groups is 1. The second-order valence-corrected chi connectivity index (χ2v) is 3.41. The zero-order chi connectivity index (χ0) is 10.7. The maximum atomic E-state index is 9.59. The van der Waals surface area contributed by atoms with Gasteiger partial charge in [-0.1, -0.05) is 20.8 Å². The summed E-state index contributed by atoms with van der Waals surface area (Å²) in [6, 6.07) is 0. The molecule has 0 spiro atoms. The number of hydrogen-bond acceptors (Lipinski definition) is 3. The summed E-state index contributed by atoms with van der Waals surface area (Å²) in [5, 5.41) is 9.59. The van der Waals surface area contributed by atoms with Crippen LogP contribution in [0.15, 0.2) is 6.33 Å². The molecule has 0 saturated carbocycles. The standard InChI is InChI=1S/C9H12N2O.C2H6/c1-5-3-7(12)9-8(5)6(2)10-4-11-9;1-2/h4-5,7,12H,3H2,1-2H3;1-2H3. The Labute approximate surface area is 85.2 Å². The van der Waals surface area contributed by atoms with E-state index in [2.05, 4.69) is 16.9 Å². The van der Waals surface area contributed by atoms with E-state index in [4.69, 9.17) is 0 Å². The summed E-state index contributed by atoms with van der Waals surface area (Å²) in [4.78, 5) is 8.20. The molecule has 0 fully saturated rings. The summed E-state index contributed by atoms with van der Waals surface area (Å²) in [7, 11) is 0. The summed E-state index contributed by atoms with van der Waals surface area (Å²) >= 11 is 0. The van der Waals surface area contributed by atoms with Crippen LogP contribution in [0.3, 0.4) is 0 Å². The molecule has 1 aliphatic carbocycles. The van der Waals surface area contributed by atoms with E-state index < -0.39 is 0 Å². The number of aliphatic hydroxyl groups excluding tert-OH is 1. The predicted octanol–water partition coefficient (Wildman–Crippen LogP) is 2.35. The molecule has 3 nitrogen and oxygen atoms in total. The SMILES string of the molecule is CC.Cc1ncnc2c1C(C)CC2O. The van der Waals surface area contributed by atoms with Crippen LogP contribution >= 0.6 is 0 Å². The lowest BCUT2D eigenvalue weighted by Crippen LogP contribution is -1.98. The van der Waals surface area contributed by atoms with Crippen LogP contribution in [0.5, 0.6) is 0 Å². The van der Waals surface area contributed by atoms with Crippen molar-refractivity contribution in [3.8, 4) is 0 Å². The normalized spacial score (nSPS) is 23.8. The number of hydrogen-bond donors (Lipinski definition) is 1. The summed E-state index contributed by atoms with van der Waals surface area (Å²) in [6.07, 6.45) is 1.93. The Morgan fingerprint density at radius 1 is 1.36 bits per heavy atom. The van der Waals surface area contributed by atoms with Gasteiger partial charge in [0.2, 0.25) is 0 Å². The number of fused-ring (bicyclic) bond motifs is 1. The van der Waals surface area contributed by atoms with Gasteiger partial charge in [0.05, 0.1) is 11.8 Å². The molecule has 0 aromatic carbocycles. The van der Waals surface area contributed by atoms with E-state index in [9.17, 15) is 5.11 Å². The highest BCUT2D eigenvalue weighted by molar-refractivity contribution is 5.33. The Kier molecular flexibility index (Phi) is 3.58. The molecule has 0 saturated heterocycles. The van der Waals surface area contributed by atoms with Crippen molar-refractivity contribution in [1.29, 1.82) is 0 Å². The minimum absolute atomic E-state index is 0.378. The Hall–Kier alpha value is -0.960. The van der Waals surface area contributed by atoms with Crippen molar-refractivity contribution in [2.75, 3.05) is 0 Å². The van der Waals surface area contributed by atoms with Crippen LogP contribution in [-0.2, 0) is 0 Å². The first-order valence-corrected chi connectivity index (χ1v) is 5.19. The van der Waals surface area contributed by atoms with Gasteiger partial charge in [-0.2, -0.15) is 0 Å². The Morgan fingerprint density at radius 3 is 2.57 bits per heavy atom. The molecule has 0 bridgehead atoms. The molecule has 2 unspecified atom stereocenters. The lowest BCUT2D eigenvalue weighted by molar-refractivity contribution is 0.170. The van der Waals surface area contributed by atoms with Gasteiger partial charge in [-0.05, 0) is 19.3 Å². The van der Waals surface area contributed by atoms with E-state index in [1.807, 2.05) is 20.8 Å². The first-order valence-electron chi connectivity index (χ1n) is 5.19. The molecule has 3 heteroatoms. The summed E-state index contributed by atoms with van der Waals surface area (Å²) < 4.78 is 0. The minimum Gasteiger partial charge on any atom is -0.387 e. The lowest BCUT2D eigenvalue weighted by atomic mass is 10.0. The molecule has 1 aromatic heterocycles. The fourth-order valence-corrected chi connectivity index (χ4v) is 1.94. The Morgan fingerprint density at radius 2 is 2.00 bits per heavy atom. The topological polar surface area (TPSA) is 46.0 Å². The van der Waals surface area contributed by atoms with E-state index in [0.717, 1.165) is 23.4 Å². The second-order valence-electron chi connectivity index (χ2n) is 3.41. The lowest BCUT2D eigenvalue weighted by Gasteiger charge is -2.04. The fourth-order valence-electron chi connectivity index (χ4n) is 1.94. The van der Waals surface area contributed by atoms with Gasteiger partial charge >= 0.3 is 0 Å². The first-order chi connectivity index (χ1) is 6.70. The molecule has 2 atom stereocenters. The van der Waals surface area contributed by atoms with Gasteiger partial charge in [-0.3, -0.25) is 0 Å². The molecule has 2 rings (SSSR count). The molecule has 1 aliphatic rings. The molecule has 1 heterocycles. The van der Waals surface area contributed by atoms with Gasteiger partial charge in [0.1, 0.15) is 6.33 Å². The predicted molar refractivity (Wildman–Crippen MR) is 56.1 cm³/mol. The third kappa shape index (κ3) is 1.77. The fraction of sp³-hybridized carbons (Fsp3) is 0.636. The molecule has 1 N–H and O–H groups in total. The van der Waals surface area contributed by atoms with Crippen molar-refractivity contribution in [2.24, 2.45) is 0 Å². The zero-order valence-electron chi connectivity index (χ0n) is 9.28. The van der Waals surface area contributed by atoms with Crippen LogP contribution in [0.2, 0.25) is 0 Å². The highest BCUT2D eigenvalue weighted by Gasteiger charge is 2.29. The molecule has 14 heavy (non-hydrogen) atoms. The maximum absolute atomic E-state index is 9.59. The van der Waals surface area contributed by atoms with Crippen molar-refractivity contribution >= 4 is 0 Å². The number of aryl methyl sites for hydroxylation is 1. The number of rotatable bonds is 0. The van der Waals surface area contributed by atoms with E-state index in [1.165, 1.54) is 6.33 Å². The molecule has 1 aromatic rings. The van der Waals surface area contributed by atoms with Crippen molar-refractivity contribution in [2.45, 2.75) is 46.1 Å². The van der Waals surface area contributed by atoms with Crippen LogP contribution in [0.4, 0.5) is 0 Å². The van der Waals surface area contributed by atoms with Crippen molar-refractivity contribution in [3.05, 3.63) is 23.3 Å². The molecular weight excluding hydrogens is 176 g/mol.